The molecule has 1 heterocycles. The maximum Gasteiger partial charge on any atom is 0.156 e. The van der Waals surface area contributed by atoms with Gasteiger partial charge in [0.25, 0.3) is 0 Å². The molecule has 1 aromatic carbocycles. The molecule has 0 fully saturated rings. The Morgan fingerprint density at radius 3 is 2.58 bits per heavy atom. The van der Waals surface area contributed by atoms with Crippen molar-refractivity contribution in [1.29, 1.82) is 0 Å². The van der Waals surface area contributed by atoms with E-state index < -0.39 is 5.60 Å². The Morgan fingerprint density at radius 1 is 1.42 bits per heavy atom. The first-order chi connectivity index (χ1) is 8.63. The Morgan fingerprint density at radius 2 is 2.05 bits per heavy atom. The molecule has 3 nitrogen and oxygen atoms in total. The Hall–Kier alpha value is -1.29. The van der Waals surface area contributed by atoms with Gasteiger partial charge in [0, 0.05) is 5.56 Å². The van der Waals surface area contributed by atoms with Crippen molar-refractivity contribution in [2.24, 2.45) is 5.73 Å². The number of fused-ring (bicyclic) bond motifs is 1. The lowest BCUT2D eigenvalue weighted by Gasteiger charge is -2.36. The van der Waals surface area contributed by atoms with Gasteiger partial charge in [-0.05, 0) is 42.9 Å². The number of ether oxygens (including phenoxy) is 1. The van der Waals surface area contributed by atoms with Crippen LogP contribution in [0.2, 0.25) is 0 Å². The molecule has 1 aromatic rings. The first kappa shape index (κ1) is 14.1. The van der Waals surface area contributed by atoms with Gasteiger partial charge < -0.3 is 15.6 Å². The van der Waals surface area contributed by atoms with Crippen LogP contribution in [0.3, 0.4) is 0 Å². The average Bonchev–Trinajstić information content (AvgIpc) is 2.27. The first-order valence-corrected chi connectivity index (χ1v) is 6.89. The molecule has 104 valence electrons. The fourth-order valence-corrected chi connectivity index (χ4v) is 2.49. The molecule has 0 bridgehead atoms. The summed E-state index contributed by atoms with van der Waals surface area (Å²) in [5.74, 6) is 1.11. The second kappa shape index (κ2) is 4.37. The standard InChI is InChI=1S/C15H21NO2S/c1-14(2,3)10-8-12-9(7-11(10)17)5-6-15(4,18-12)13(16)19/h7-8,17H,5-6H2,1-4H3,(H2,16,19). The van der Waals surface area contributed by atoms with E-state index in [1.807, 2.05) is 13.0 Å². The number of benzene rings is 1. The van der Waals surface area contributed by atoms with Crippen molar-refractivity contribution in [1.82, 2.24) is 0 Å². The minimum Gasteiger partial charge on any atom is -0.508 e. The van der Waals surface area contributed by atoms with E-state index in [-0.39, 0.29) is 5.41 Å². The number of aromatic hydroxyl groups is 1. The van der Waals surface area contributed by atoms with Crippen LogP contribution in [0.25, 0.3) is 0 Å². The number of phenols is 1. The molecule has 1 unspecified atom stereocenters. The molecule has 0 aliphatic carbocycles. The molecule has 0 radical (unpaired) electrons. The van der Waals surface area contributed by atoms with Gasteiger partial charge in [-0.1, -0.05) is 33.0 Å². The third kappa shape index (κ3) is 2.54. The van der Waals surface area contributed by atoms with Crippen LogP contribution in [0.4, 0.5) is 0 Å². The van der Waals surface area contributed by atoms with Gasteiger partial charge in [-0.2, -0.15) is 0 Å². The number of hydrogen-bond donors (Lipinski definition) is 2. The summed E-state index contributed by atoms with van der Waals surface area (Å²) in [7, 11) is 0. The number of thiocarbonyl (C=S) groups is 1. The number of hydrogen-bond acceptors (Lipinski definition) is 3. The maximum absolute atomic E-state index is 10.1. The fraction of sp³-hybridized carbons (Fsp3) is 0.533. The van der Waals surface area contributed by atoms with Gasteiger partial charge in [0.05, 0.1) is 0 Å². The molecule has 0 saturated carbocycles. The summed E-state index contributed by atoms with van der Waals surface area (Å²) in [5, 5.41) is 10.1. The summed E-state index contributed by atoms with van der Waals surface area (Å²) in [6.45, 7) is 8.10. The van der Waals surface area contributed by atoms with Crippen molar-refractivity contribution in [3.63, 3.8) is 0 Å². The zero-order valence-electron chi connectivity index (χ0n) is 11.9. The molecule has 1 atom stereocenters. The van der Waals surface area contributed by atoms with Gasteiger partial charge in [-0.3, -0.25) is 0 Å². The highest BCUT2D eigenvalue weighted by Gasteiger charge is 2.35. The van der Waals surface area contributed by atoms with Gasteiger partial charge >= 0.3 is 0 Å². The highest BCUT2D eigenvalue weighted by atomic mass is 32.1. The first-order valence-electron chi connectivity index (χ1n) is 6.49. The van der Waals surface area contributed by atoms with Crippen LogP contribution in [0.5, 0.6) is 11.5 Å². The Bertz CT molecular complexity index is 534. The summed E-state index contributed by atoms with van der Waals surface area (Å²) in [5.41, 5.74) is 6.93. The molecule has 0 amide bonds. The predicted octanol–water partition coefficient (Wildman–Crippen LogP) is 3.06. The SMILES string of the molecule is CC1(C(N)=S)CCc2cc(O)c(C(C)(C)C)cc2O1. The molecule has 1 aliphatic heterocycles. The topological polar surface area (TPSA) is 55.5 Å². The van der Waals surface area contributed by atoms with Gasteiger partial charge in [0.15, 0.2) is 5.60 Å². The smallest absolute Gasteiger partial charge is 0.156 e. The van der Waals surface area contributed by atoms with Crippen molar-refractivity contribution < 1.29 is 9.84 Å². The normalized spacial score (nSPS) is 22.5. The summed E-state index contributed by atoms with van der Waals surface area (Å²) >= 11 is 5.09. The summed E-state index contributed by atoms with van der Waals surface area (Å²) in [6, 6.07) is 3.72. The van der Waals surface area contributed by atoms with Crippen LogP contribution in [0, 0.1) is 0 Å². The number of aryl methyl sites for hydroxylation is 1. The van der Waals surface area contributed by atoms with Crippen LogP contribution in [0.1, 0.15) is 45.2 Å². The lowest BCUT2D eigenvalue weighted by Crippen LogP contribution is -2.47. The van der Waals surface area contributed by atoms with E-state index in [0.717, 1.165) is 29.7 Å². The second-order valence-corrected chi connectivity index (χ2v) is 6.86. The van der Waals surface area contributed by atoms with Crippen LogP contribution < -0.4 is 10.5 Å². The molecular formula is C15H21NO2S. The van der Waals surface area contributed by atoms with Crippen LogP contribution in [0.15, 0.2) is 12.1 Å². The third-order valence-corrected chi connectivity index (χ3v) is 4.15. The number of phenolic OH excluding ortho intramolecular Hbond substituents is 1. The second-order valence-electron chi connectivity index (χ2n) is 6.42. The van der Waals surface area contributed by atoms with E-state index >= 15 is 0 Å². The van der Waals surface area contributed by atoms with E-state index in [1.54, 1.807) is 6.07 Å². The molecule has 0 saturated heterocycles. The minimum absolute atomic E-state index is 0.139. The van der Waals surface area contributed by atoms with Crippen molar-refractivity contribution in [2.75, 3.05) is 0 Å². The van der Waals surface area contributed by atoms with Crippen molar-refractivity contribution in [3.8, 4) is 11.5 Å². The molecule has 1 aliphatic rings. The Kier molecular flexibility index (Phi) is 3.25. The highest BCUT2D eigenvalue weighted by molar-refractivity contribution is 7.80. The van der Waals surface area contributed by atoms with Gasteiger partial charge in [0.1, 0.15) is 16.5 Å². The maximum atomic E-state index is 10.1. The Balaban J connectivity index is 2.48. The lowest BCUT2D eigenvalue weighted by molar-refractivity contribution is 0.135. The fourth-order valence-electron chi connectivity index (χ4n) is 2.34. The zero-order valence-corrected chi connectivity index (χ0v) is 12.7. The molecule has 0 spiro atoms. The van der Waals surface area contributed by atoms with E-state index in [4.69, 9.17) is 22.7 Å². The van der Waals surface area contributed by atoms with Gasteiger partial charge in [-0.15, -0.1) is 0 Å². The zero-order chi connectivity index (χ0) is 14.4. The summed E-state index contributed by atoms with van der Waals surface area (Å²) in [4.78, 5) is 0.378. The van der Waals surface area contributed by atoms with Crippen LogP contribution >= 0.6 is 12.2 Å². The van der Waals surface area contributed by atoms with E-state index in [0.29, 0.717) is 10.7 Å². The molecule has 0 aromatic heterocycles. The number of nitrogens with two attached hydrogens (primary N) is 1. The predicted molar refractivity (Wildman–Crippen MR) is 80.9 cm³/mol. The van der Waals surface area contributed by atoms with Crippen molar-refractivity contribution in [2.45, 2.75) is 51.6 Å². The van der Waals surface area contributed by atoms with Gasteiger partial charge in [-0.25, -0.2) is 0 Å². The summed E-state index contributed by atoms with van der Waals surface area (Å²) < 4.78 is 5.99. The third-order valence-electron chi connectivity index (χ3n) is 3.71. The Labute approximate surface area is 119 Å². The number of rotatable bonds is 1. The lowest BCUT2D eigenvalue weighted by atomic mass is 9.83. The largest absolute Gasteiger partial charge is 0.508 e. The van der Waals surface area contributed by atoms with Crippen LogP contribution in [-0.2, 0) is 11.8 Å². The minimum atomic E-state index is -0.589. The van der Waals surface area contributed by atoms with Gasteiger partial charge in [0.2, 0.25) is 0 Å². The molecular weight excluding hydrogens is 258 g/mol. The van der Waals surface area contributed by atoms with Crippen molar-refractivity contribution >= 4 is 17.2 Å². The molecule has 4 heteroatoms. The van der Waals surface area contributed by atoms with E-state index in [1.165, 1.54) is 0 Å². The van der Waals surface area contributed by atoms with Crippen molar-refractivity contribution in [3.05, 3.63) is 23.3 Å². The monoisotopic (exact) mass is 279 g/mol. The highest BCUT2D eigenvalue weighted by Crippen LogP contribution is 2.41. The summed E-state index contributed by atoms with van der Waals surface area (Å²) in [6.07, 6.45) is 1.55. The average molecular weight is 279 g/mol. The molecule has 3 N–H and O–H groups in total. The molecule has 19 heavy (non-hydrogen) atoms. The van der Waals surface area contributed by atoms with Crippen LogP contribution in [-0.4, -0.2) is 15.7 Å². The quantitative estimate of drug-likeness (QED) is 0.776. The molecule has 2 rings (SSSR count). The van der Waals surface area contributed by atoms with E-state index in [2.05, 4.69) is 20.8 Å². The van der Waals surface area contributed by atoms with E-state index in [9.17, 15) is 5.11 Å².